The summed E-state index contributed by atoms with van der Waals surface area (Å²) in [7, 11) is 1.29. The standard InChI is InChI=1S/C19H16ClF3N2O4/c1-3-29-17-9(20)4-5-10(21)13(17)15-16(26)14-11(28-2)6-7-24-18(14)25(19(15)27)8-12(22)23/h4-7,12,26H,3,8H2,1-2H3. The molecule has 0 unspecified atom stereocenters. The van der Waals surface area contributed by atoms with Gasteiger partial charge in [-0.15, -0.1) is 0 Å². The molecule has 0 radical (unpaired) electrons. The number of hydrogen-bond donors (Lipinski definition) is 1. The number of benzene rings is 1. The summed E-state index contributed by atoms with van der Waals surface area (Å²) in [6.07, 6.45) is -1.66. The van der Waals surface area contributed by atoms with E-state index in [9.17, 15) is 23.1 Å². The molecule has 154 valence electrons. The van der Waals surface area contributed by atoms with Gasteiger partial charge in [-0.1, -0.05) is 11.6 Å². The fourth-order valence-electron chi connectivity index (χ4n) is 3.07. The minimum Gasteiger partial charge on any atom is -0.506 e. The van der Waals surface area contributed by atoms with Crippen molar-refractivity contribution in [2.45, 2.75) is 19.9 Å². The normalized spacial score (nSPS) is 11.3. The van der Waals surface area contributed by atoms with Gasteiger partial charge in [0, 0.05) is 6.20 Å². The monoisotopic (exact) mass is 428 g/mol. The van der Waals surface area contributed by atoms with Crippen LogP contribution >= 0.6 is 11.6 Å². The third kappa shape index (κ3) is 3.57. The Kier molecular flexibility index (Phi) is 5.88. The average Bonchev–Trinajstić information content (AvgIpc) is 2.69. The molecular weight excluding hydrogens is 413 g/mol. The van der Waals surface area contributed by atoms with Crippen molar-refractivity contribution in [2.24, 2.45) is 0 Å². The molecule has 10 heteroatoms. The van der Waals surface area contributed by atoms with Crippen molar-refractivity contribution in [1.29, 1.82) is 0 Å². The number of nitrogens with zero attached hydrogens (tertiary/aromatic N) is 2. The SMILES string of the molecule is CCOc1c(Cl)ccc(F)c1-c1c(O)c2c(OC)ccnc2n(CC(F)F)c1=O. The van der Waals surface area contributed by atoms with Gasteiger partial charge in [-0.2, -0.15) is 0 Å². The zero-order chi connectivity index (χ0) is 21.3. The van der Waals surface area contributed by atoms with E-state index < -0.39 is 41.2 Å². The molecule has 6 nitrogen and oxygen atoms in total. The first-order chi connectivity index (χ1) is 13.8. The van der Waals surface area contributed by atoms with Gasteiger partial charge in [-0.3, -0.25) is 9.36 Å². The maximum absolute atomic E-state index is 14.8. The van der Waals surface area contributed by atoms with E-state index in [0.717, 1.165) is 6.07 Å². The Hall–Kier alpha value is -2.94. The summed E-state index contributed by atoms with van der Waals surface area (Å²) in [5.74, 6) is -1.72. The molecule has 0 aliphatic carbocycles. The molecule has 0 saturated heterocycles. The van der Waals surface area contributed by atoms with Crippen LogP contribution in [-0.2, 0) is 6.54 Å². The maximum atomic E-state index is 14.8. The predicted molar refractivity (Wildman–Crippen MR) is 102 cm³/mol. The smallest absolute Gasteiger partial charge is 0.264 e. The van der Waals surface area contributed by atoms with Crippen LogP contribution in [0, 0.1) is 5.82 Å². The van der Waals surface area contributed by atoms with E-state index in [1.54, 1.807) is 6.92 Å². The molecule has 3 aromatic rings. The summed E-state index contributed by atoms with van der Waals surface area (Å²) < 4.78 is 52.4. The van der Waals surface area contributed by atoms with Gasteiger partial charge >= 0.3 is 0 Å². The summed E-state index contributed by atoms with van der Waals surface area (Å²) >= 11 is 6.10. The lowest BCUT2D eigenvalue weighted by atomic mass is 10.0. The Morgan fingerprint density at radius 1 is 1.28 bits per heavy atom. The first-order valence-corrected chi connectivity index (χ1v) is 8.87. The lowest BCUT2D eigenvalue weighted by Crippen LogP contribution is -2.26. The van der Waals surface area contributed by atoms with Crippen LogP contribution in [-0.4, -0.2) is 34.8 Å². The Balaban J connectivity index is 2.54. The molecule has 1 N–H and O–H groups in total. The zero-order valence-corrected chi connectivity index (χ0v) is 16.1. The molecular formula is C19H16ClF3N2O4. The first-order valence-electron chi connectivity index (χ1n) is 8.49. The second-order valence-corrected chi connectivity index (χ2v) is 6.32. The van der Waals surface area contributed by atoms with Gasteiger partial charge in [0.1, 0.15) is 34.1 Å². The number of aromatic hydroxyl groups is 1. The largest absolute Gasteiger partial charge is 0.506 e. The van der Waals surface area contributed by atoms with Gasteiger partial charge in [0.25, 0.3) is 12.0 Å². The van der Waals surface area contributed by atoms with Gasteiger partial charge in [0.05, 0.1) is 36.4 Å². The third-order valence-corrected chi connectivity index (χ3v) is 4.52. The fourth-order valence-corrected chi connectivity index (χ4v) is 3.28. The molecule has 2 aromatic heterocycles. The topological polar surface area (TPSA) is 73.6 Å². The second-order valence-electron chi connectivity index (χ2n) is 5.91. The van der Waals surface area contributed by atoms with Crippen LogP contribution in [0.2, 0.25) is 5.02 Å². The second kappa shape index (κ2) is 8.20. The van der Waals surface area contributed by atoms with Gasteiger partial charge in [-0.25, -0.2) is 18.2 Å². The van der Waals surface area contributed by atoms with Crippen LogP contribution in [0.25, 0.3) is 22.2 Å². The molecule has 0 amide bonds. The quantitative estimate of drug-likeness (QED) is 0.636. The van der Waals surface area contributed by atoms with Crippen molar-refractivity contribution < 1.29 is 27.8 Å². The lowest BCUT2D eigenvalue weighted by molar-refractivity contribution is 0.126. The first kappa shape index (κ1) is 20.8. The molecule has 1 aromatic carbocycles. The summed E-state index contributed by atoms with van der Waals surface area (Å²) in [5.41, 5.74) is -2.31. The van der Waals surface area contributed by atoms with Crippen molar-refractivity contribution in [3.63, 3.8) is 0 Å². The van der Waals surface area contributed by atoms with Gasteiger partial charge in [-0.05, 0) is 25.1 Å². The summed E-state index contributed by atoms with van der Waals surface area (Å²) in [5, 5.41) is 10.7. The van der Waals surface area contributed by atoms with E-state index in [1.807, 2.05) is 0 Å². The van der Waals surface area contributed by atoms with Crippen LogP contribution in [0.4, 0.5) is 13.2 Å². The number of fused-ring (bicyclic) bond motifs is 1. The van der Waals surface area contributed by atoms with E-state index in [2.05, 4.69) is 4.98 Å². The molecule has 0 saturated carbocycles. The van der Waals surface area contributed by atoms with Crippen LogP contribution in [0.5, 0.6) is 17.2 Å². The van der Waals surface area contributed by atoms with Crippen LogP contribution in [0.3, 0.4) is 0 Å². The van der Waals surface area contributed by atoms with Crippen LogP contribution in [0.15, 0.2) is 29.2 Å². The summed E-state index contributed by atoms with van der Waals surface area (Å²) in [4.78, 5) is 17.0. The summed E-state index contributed by atoms with van der Waals surface area (Å²) in [6, 6.07) is 3.59. The van der Waals surface area contributed by atoms with Crippen LogP contribution in [0.1, 0.15) is 6.92 Å². The minimum absolute atomic E-state index is 0.0132. The van der Waals surface area contributed by atoms with E-state index in [4.69, 9.17) is 21.1 Å². The molecule has 29 heavy (non-hydrogen) atoms. The molecule has 0 bridgehead atoms. The van der Waals surface area contributed by atoms with Crippen molar-refractivity contribution >= 4 is 22.6 Å². The van der Waals surface area contributed by atoms with Gasteiger partial charge < -0.3 is 14.6 Å². The highest BCUT2D eigenvalue weighted by atomic mass is 35.5. The highest BCUT2D eigenvalue weighted by Gasteiger charge is 2.28. The molecule has 0 aliphatic heterocycles. The molecule has 2 heterocycles. The van der Waals surface area contributed by atoms with Crippen molar-refractivity contribution in [1.82, 2.24) is 9.55 Å². The van der Waals surface area contributed by atoms with E-state index in [-0.39, 0.29) is 34.2 Å². The highest BCUT2D eigenvalue weighted by molar-refractivity contribution is 6.32. The predicted octanol–water partition coefficient (Wildman–Crippen LogP) is 4.23. The van der Waals surface area contributed by atoms with E-state index in [0.29, 0.717) is 4.57 Å². The molecule has 0 atom stereocenters. The number of ether oxygens (including phenoxy) is 2. The number of aromatic nitrogens is 2. The Bertz CT molecular complexity index is 1130. The van der Waals surface area contributed by atoms with Crippen molar-refractivity contribution in [2.75, 3.05) is 13.7 Å². The van der Waals surface area contributed by atoms with Crippen LogP contribution < -0.4 is 15.0 Å². The van der Waals surface area contributed by atoms with Gasteiger partial charge in [0.15, 0.2) is 0 Å². The molecule has 0 fully saturated rings. The fraction of sp³-hybridized carbons (Fsp3) is 0.263. The number of pyridine rings is 2. The van der Waals surface area contributed by atoms with E-state index >= 15 is 0 Å². The molecule has 0 spiro atoms. The Labute approximate surface area is 168 Å². The lowest BCUT2D eigenvalue weighted by Gasteiger charge is -2.18. The van der Waals surface area contributed by atoms with Crippen molar-refractivity contribution in [3.8, 4) is 28.4 Å². The number of methoxy groups -OCH3 is 1. The zero-order valence-electron chi connectivity index (χ0n) is 15.4. The summed E-state index contributed by atoms with van der Waals surface area (Å²) in [6.45, 7) is 0.683. The number of halogens is 4. The average molecular weight is 429 g/mol. The minimum atomic E-state index is -2.91. The third-order valence-electron chi connectivity index (χ3n) is 4.22. The molecule has 3 rings (SSSR count). The maximum Gasteiger partial charge on any atom is 0.264 e. The number of alkyl halides is 2. The Morgan fingerprint density at radius 3 is 2.62 bits per heavy atom. The molecule has 0 aliphatic rings. The van der Waals surface area contributed by atoms with Crippen molar-refractivity contribution in [3.05, 3.63) is 45.6 Å². The van der Waals surface area contributed by atoms with E-state index in [1.165, 1.54) is 25.4 Å². The number of hydrogen-bond acceptors (Lipinski definition) is 5. The highest BCUT2D eigenvalue weighted by Crippen LogP contribution is 2.44. The Morgan fingerprint density at radius 2 is 2.00 bits per heavy atom. The van der Waals surface area contributed by atoms with Gasteiger partial charge in [0.2, 0.25) is 0 Å². The number of rotatable bonds is 6.